The lowest BCUT2D eigenvalue weighted by Crippen LogP contribution is -2.64. The average molecular weight is 487 g/mol. The number of Topliss-reactive ketones (excluding diaryl/α,β-unsaturated/α-hetero) is 1. The highest BCUT2D eigenvalue weighted by Gasteiger charge is 2.66. The number of nitro benzene ring substituents is 1. The van der Waals surface area contributed by atoms with Crippen LogP contribution in [0.5, 0.6) is 5.75 Å². The van der Waals surface area contributed by atoms with Gasteiger partial charge in [0.1, 0.15) is 11.4 Å². The van der Waals surface area contributed by atoms with Crippen LogP contribution in [0.3, 0.4) is 0 Å². The maximum absolute atomic E-state index is 13.5. The lowest BCUT2D eigenvalue weighted by Gasteiger charge is -2.46. The number of hydrogen-bond acceptors (Lipinski definition) is 8. The third kappa shape index (κ3) is 3.39. The van der Waals surface area contributed by atoms with Gasteiger partial charge in [-0.25, -0.2) is 4.68 Å². The van der Waals surface area contributed by atoms with Crippen LogP contribution in [0.25, 0.3) is 16.9 Å². The molecule has 1 N–H and O–H groups in total. The number of ketones is 1. The number of hydrogen-bond donors (Lipinski definition) is 1. The van der Waals surface area contributed by atoms with Crippen molar-refractivity contribution in [1.29, 1.82) is 0 Å². The largest absolute Gasteiger partial charge is 0.451 e. The van der Waals surface area contributed by atoms with Crippen LogP contribution in [0.2, 0.25) is 0 Å². The van der Waals surface area contributed by atoms with Crippen molar-refractivity contribution in [1.82, 2.24) is 9.78 Å². The zero-order chi connectivity index (χ0) is 25.5. The molecule has 0 radical (unpaired) electrons. The van der Waals surface area contributed by atoms with Crippen LogP contribution >= 0.6 is 0 Å². The van der Waals surface area contributed by atoms with Gasteiger partial charge in [-0.15, -0.1) is 0 Å². The van der Waals surface area contributed by atoms with E-state index >= 15 is 0 Å². The minimum absolute atomic E-state index is 0.101. The molecule has 36 heavy (non-hydrogen) atoms. The van der Waals surface area contributed by atoms with Crippen LogP contribution in [-0.4, -0.2) is 45.6 Å². The third-order valence-electron chi connectivity index (χ3n) is 6.16. The van der Waals surface area contributed by atoms with Crippen molar-refractivity contribution in [2.45, 2.75) is 11.6 Å². The Hall–Kier alpha value is -4.38. The predicted molar refractivity (Wildman–Crippen MR) is 128 cm³/mol. The Bertz CT molecular complexity index is 1450. The molecule has 4 aromatic rings. The Morgan fingerprint density at radius 3 is 2.28 bits per heavy atom. The van der Waals surface area contributed by atoms with Crippen molar-refractivity contribution in [2.24, 2.45) is 0 Å². The summed E-state index contributed by atoms with van der Waals surface area (Å²) >= 11 is 0. The molecule has 2 unspecified atom stereocenters. The molecule has 5 rings (SSSR count). The summed E-state index contributed by atoms with van der Waals surface area (Å²) in [5, 5.41) is 27.5. The molecule has 10 nitrogen and oxygen atoms in total. The lowest BCUT2D eigenvalue weighted by molar-refractivity contribution is -0.384. The number of benzene rings is 3. The van der Waals surface area contributed by atoms with Gasteiger partial charge in [-0.2, -0.15) is 5.10 Å². The highest BCUT2D eigenvalue weighted by molar-refractivity contribution is 6.05. The Kier molecular flexibility index (Phi) is 5.64. The van der Waals surface area contributed by atoms with E-state index in [1.807, 2.05) is 30.3 Å². The Balaban J connectivity index is 1.79. The van der Waals surface area contributed by atoms with Crippen LogP contribution in [0, 0.1) is 10.1 Å². The number of aromatic nitrogens is 2. The molecule has 2 heterocycles. The molecule has 0 fully saturated rings. The van der Waals surface area contributed by atoms with Crippen LogP contribution in [0.15, 0.2) is 85.1 Å². The van der Waals surface area contributed by atoms with Crippen molar-refractivity contribution in [3.8, 4) is 22.7 Å². The monoisotopic (exact) mass is 487 g/mol. The number of methoxy groups -OCH3 is 2. The minimum Gasteiger partial charge on any atom is -0.451 e. The van der Waals surface area contributed by atoms with Crippen molar-refractivity contribution < 1.29 is 29.0 Å². The van der Waals surface area contributed by atoms with Crippen LogP contribution < -0.4 is 4.74 Å². The standard InChI is InChI=1S/C26H21N3O7/c1-34-25(31)24(30)20-10-6-7-11-22(20)36-26(25,35-2)21-16-28(18-8-4-3-5-9-18)27-23(21)17-12-14-19(15-13-17)29(32)33/h3-16,31H,1-2H3. The number of carbonyl (C=O) groups excluding carboxylic acids is 1. The second kappa shape index (κ2) is 8.68. The summed E-state index contributed by atoms with van der Waals surface area (Å²) < 4.78 is 19.0. The summed E-state index contributed by atoms with van der Waals surface area (Å²) in [7, 11) is 2.46. The van der Waals surface area contributed by atoms with Gasteiger partial charge < -0.3 is 19.3 Å². The fourth-order valence-electron chi connectivity index (χ4n) is 4.34. The Morgan fingerprint density at radius 1 is 0.972 bits per heavy atom. The molecule has 0 amide bonds. The summed E-state index contributed by atoms with van der Waals surface area (Å²) in [4.78, 5) is 24.2. The van der Waals surface area contributed by atoms with Gasteiger partial charge in [-0.05, 0) is 36.4 Å². The van der Waals surface area contributed by atoms with Gasteiger partial charge in [0.25, 0.3) is 5.69 Å². The number of carbonyl (C=O) groups is 1. The highest BCUT2D eigenvalue weighted by Crippen LogP contribution is 2.49. The fraction of sp³-hybridized carbons (Fsp3) is 0.154. The maximum atomic E-state index is 13.5. The van der Waals surface area contributed by atoms with Gasteiger partial charge >= 0.3 is 11.6 Å². The normalized spacial score (nSPS) is 21.0. The van der Waals surface area contributed by atoms with Crippen LogP contribution in [-0.2, 0) is 15.3 Å². The number of non-ortho nitro benzene ring substituents is 1. The van der Waals surface area contributed by atoms with E-state index in [0.29, 0.717) is 11.3 Å². The summed E-state index contributed by atoms with van der Waals surface area (Å²) in [5.74, 6) is -5.32. The molecule has 1 aromatic heterocycles. The molecule has 0 bridgehead atoms. The smallest absolute Gasteiger partial charge is 0.304 e. The molecule has 2 atom stereocenters. The van der Waals surface area contributed by atoms with E-state index in [9.17, 15) is 20.0 Å². The molecule has 1 aliphatic heterocycles. The number of ether oxygens (including phenoxy) is 3. The quantitative estimate of drug-likeness (QED) is 0.247. The molecule has 182 valence electrons. The number of nitrogens with zero attached hydrogens (tertiary/aromatic N) is 3. The number of rotatable bonds is 6. The van der Waals surface area contributed by atoms with E-state index in [1.165, 1.54) is 49.2 Å². The van der Waals surface area contributed by atoms with Gasteiger partial charge in [0.05, 0.1) is 21.7 Å². The minimum atomic E-state index is -2.59. The summed E-state index contributed by atoms with van der Waals surface area (Å²) in [6.45, 7) is 0. The maximum Gasteiger partial charge on any atom is 0.304 e. The molecule has 0 saturated carbocycles. The predicted octanol–water partition coefficient (Wildman–Crippen LogP) is 3.86. The number of aliphatic hydroxyl groups is 1. The van der Waals surface area contributed by atoms with Crippen LogP contribution in [0.1, 0.15) is 15.9 Å². The van der Waals surface area contributed by atoms with Gasteiger partial charge in [-0.1, -0.05) is 30.3 Å². The van der Waals surface area contributed by atoms with Crippen molar-refractivity contribution in [3.05, 3.63) is 106 Å². The molecule has 0 spiro atoms. The molecule has 10 heteroatoms. The first-order valence-corrected chi connectivity index (χ1v) is 10.9. The van der Waals surface area contributed by atoms with Crippen molar-refractivity contribution in [2.75, 3.05) is 14.2 Å². The molecule has 0 aliphatic carbocycles. The van der Waals surface area contributed by atoms with E-state index in [2.05, 4.69) is 5.10 Å². The second-order valence-corrected chi connectivity index (χ2v) is 8.07. The molecule has 1 aliphatic rings. The molecular weight excluding hydrogens is 466 g/mol. The summed E-state index contributed by atoms with van der Waals surface area (Å²) in [5.41, 5.74) is 1.61. The SMILES string of the molecule is COC1(O)C(=O)c2ccccc2OC1(OC)c1cn(-c2ccccc2)nc1-c1ccc([N+](=O)[O-])cc1. The zero-order valence-electron chi connectivity index (χ0n) is 19.3. The third-order valence-corrected chi connectivity index (χ3v) is 6.16. The van der Waals surface area contributed by atoms with Crippen molar-refractivity contribution in [3.63, 3.8) is 0 Å². The topological polar surface area (TPSA) is 126 Å². The highest BCUT2D eigenvalue weighted by atomic mass is 16.8. The summed E-state index contributed by atoms with van der Waals surface area (Å²) in [6.07, 6.45) is 1.57. The number of para-hydroxylation sites is 2. The molecule has 3 aromatic carbocycles. The molecular formula is C26H21N3O7. The number of fused-ring (bicyclic) bond motifs is 1. The van der Waals surface area contributed by atoms with Gasteiger partial charge in [-0.3, -0.25) is 14.9 Å². The second-order valence-electron chi connectivity index (χ2n) is 8.07. The average Bonchev–Trinajstić information content (AvgIpc) is 3.37. The fourth-order valence-corrected chi connectivity index (χ4v) is 4.34. The van der Waals surface area contributed by atoms with E-state index in [4.69, 9.17) is 14.2 Å². The zero-order valence-corrected chi connectivity index (χ0v) is 19.3. The number of nitro groups is 1. The lowest BCUT2D eigenvalue weighted by atomic mass is 9.86. The van der Waals surface area contributed by atoms with Gasteiger partial charge in [0, 0.05) is 38.1 Å². The van der Waals surface area contributed by atoms with E-state index in [-0.39, 0.29) is 28.3 Å². The van der Waals surface area contributed by atoms with Gasteiger partial charge in [0.15, 0.2) is 0 Å². The Morgan fingerprint density at radius 2 is 1.64 bits per heavy atom. The first-order valence-electron chi connectivity index (χ1n) is 10.9. The van der Waals surface area contributed by atoms with Gasteiger partial charge in [0.2, 0.25) is 5.78 Å². The van der Waals surface area contributed by atoms with Crippen LogP contribution in [0.4, 0.5) is 5.69 Å². The van der Waals surface area contributed by atoms with Crippen molar-refractivity contribution >= 4 is 11.5 Å². The van der Waals surface area contributed by atoms with E-state index < -0.39 is 22.3 Å². The van der Waals surface area contributed by atoms with E-state index in [1.54, 1.807) is 24.4 Å². The Labute approximate surface area is 205 Å². The summed E-state index contributed by atoms with van der Waals surface area (Å²) in [6, 6.07) is 21.3. The first-order chi connectivity index (χ1) is 17.3. The van der Waals surface area contributed by atoms with E-state index in [0.717, 1.165) is 0 Å². The first kappa shape index (κ1) is 23.4. The molecule has 0 saturated heterocycles.